The van der Waals surface area contributed by atoms with Crippen molar-refractivity contribution in [3.63, 3.8) is 0 Å². The van der Waals surface area contributed by atoms with Crippen LogP contribution in [-0.4, -0.2) is 29.1 Å². The third-order valence-corrected chi connectivity index (χ3v) is 2.96. The van der Waals surface area contributed by atoms with Crippen molar-refractivity contribution in [2.45, 2.75) is 20.3 Å². The first-order valence-corrected chi connectivity index (χ1v) is 5.69. The molecule has 0 unspecified atom stereocenters. The molecule has 0 saturated carbocycles. The van der Waals surface area contributed by atoms with Crippen molar-refractivity contribution in [1.29, 1.82) is 0 Å². The van der Waals surface area contributed by atoms with E-state index in [-0.39, 0.29) is 5.56 Å². The van der Waals surface area contributed by atoms with Gasteiger partial charge in [0, 0.05) is 13.1 Å². The number of aryl methyl sites for hydroxylation is 1. The highest BCUT2D eigenvalue weighted by Crippen LogP contribution is 2.19. The van der Waals surface area contributed by atoms with Crippen LogP contribution in [0.3, 0.4) is 0 Å². The number of aromatic carboxylic acids is 1. The van der Waals surface area contributed by atoms with Crippen LogP contribution >= 0.6 is 0 Å². The van der Waals surface area contributed by atoms with Crippen molar-refractivity contribution in [3.8, 4) is 0 Å². The number of carboxylic acids is 1. The largest absolute Gasteiger partial charge is 0.478 e. The fraction of sp³-hybridized carbons (Fsp3) is 0.385. The molecular weight excluding hydrogens is 216 g/mol. The first-order valence-electron chi connectivity index (χ1n) is 5.69. The van der Waals surface area contributed by atoms with Gasteiger partial charge in [0.05, 0.1) is 11.3 Å². The molecule has 2 heterocycles. The van der Waals surface area contributed by atoms with Crippen LogP contribution in [0.25, 0.3) is 0 Å². The number of hydrogen-bond donors (Lipinski definition) is 1. The summed E-state index contributed by atoms with van der Waals surface area (Å²) in [7, 11) is 0. The average molecular weight is 232 g/mol. The topological polar surface area (TPSA) is 53.4 Å². The highest BCUT2D eigenvalue weighted by atomic mass is 16.4. The smallest absolute Gasteiger partial charge is 0.337 e. The SMILES string of the molecule is CC1=CCCN(c2ccc(C(=O)O)c(C)n2)C1. The van der Waals surface area contributed by atoms with Crippen LogP contribution in [0.1, 0.15) is 29.4 Å². The van der Waals surface area contributed by atoms with E-state index in [2.05, 4.69) is 22.9 Å². The van der Waals surface area contributed by atoms with Gasteiger partial charge < -0.3 is 10.0 Å². The zero-order valence-corrected chi connectivity index (χ0v) is 10.1. The summed E-state index contributed by atoms with van der Waals surface area (Å²) in [6, 6.07) is 3.42. The molecule has 90 valence electrons. The van der Waals surface area contributed by atoms with Gasteiger partial charge in [-0.2, -0.15) is 0 Å². The van der Waals surface area contributed by atoms with E-state index in [1.165, 1.54) is 5.57 Å². The lowest BCUT2D eigenvalue weighted by atomic mass is 10.1. The Balaban J connectivity index is 2.26. The minimum Gasteiger partial charge on any atom is -0.478 e. The highest BCUT2D eigenvalue weighted by Gasteiger charge is 2.14. The van der Waals surface area contributed by atoms with Crippen molar-refractivity contribution in [2.75, 3.05) is 18.0 Å². The van der Waals surface area contributed by atoms with E-state index in [9.17, 15) is 4.79 Å². The van der Waals surface area contributed by atoms with Gasteiger partial charge in [0.1, 0.15) is 5.82 Å². The van der Waals surface area contributed by atoms with Crippen LogP contribution in [0.4, 0.5) is 5.82 Å². The molecule has 0 atom stereocenters. The lowest BCUT2D eigenvalue weighted by Gasteiger charge is -2.27. The van der Waals surface area contributed by atoms with E-state index in [0.717, 1.165) is 25.3 Å². The zero-order valence-electron chi connectivity index (χ0n) is 10.1. The summed E-state index contributed by atoms with van der Waals surface area (Å²) in [5.41, 5.74) is 2.18. The Morgan fingerprint density at radius 1 is 1.41 bits per heavy atom. The second-order valence-corrected chi connectivity index (χ2v) is 4.37. The van der Waals surface area contributed by atoms with Gasteiger partial charge in [0.25, 0.3) is 0 Å². The maximum atomic E-state index is 10.9. The number of rotatable bonds is 2. The molecule has 4 heteroatoms. The predicted octanol–water partition coefficient (Wildman–Crippen LogP) is 2.24. The van der Waals surface area contributed by atoms with E-state index in [4.69, 9.17) is 5.11 Å². The number of anilines is 1. The van der Waals surface area contributed by atoms with Crippen LogP contribution < -0.4 is 4.90 Å². The fourth-order valence-corrected chi connectivity index (χ4v) is 2.06. The molecule has 0 spiro atoms. The number of carboxylic acid groups (broad SMARTS) is 1. The lowest BCUT2D eigenvalue weighted by Crippen LogP contribution is -2.30. The molecule has 0 bridgehead atoms. The maximum absolute atomic E-state index is 10.9. The molecule has 0 aliphatic carbocycles. The first kappa shape index (κ1) is 11.6. The predicted molar refractivity (Wildman–Crippen MR) is 66.5 cm³/mol. The van der Waals surface area contributed by atoms with Crippen LogP contribution in [0.5, 0.6) is 0 Å². The van der Waals surface area contributed by atoms with Gasteiger partial charge in [-0.15, -0.1) is 0 Å². The van der Waals surface area contributed by atoms with E-state index >= 15 is 0 Å². The molecule has 0 fully saturated rings. The Bertz CT molecular complexity index is 480. The molecule has 1 N–H and O–H groups in total. The third kappa shape index (κ3) is 2.46. The van der Waals surface area contributed by atoms with E-state index < -0.39 is 5.97 Å². The minimum absolute atomic E-state index is 0.276. The molecule has 1 aliphatic rings. The second kappa shape index (κ2) is 4.57. The first-order chi connectivity index (χ1) is 8.08. The molecule has 4 nitrogen and oxygen atoms in total. The Morgan fingerprint density at radius 3 is 2.76 bits per heavy atom. The lowest BCUT2D eigenvalue weighted by molar-refractivity contribution is 0.0695. The zero-order chi connectivity index (χ0) is 12.4. The van der Waals surface area contributed by atoms with Gasteiger partial charge >= 0.3 is 5.97 Å². The second-order valence-electron chi connectivity index (χ2n) is 4.37. The molecule has 0 aromatic carbocycles. The van der Waals surface area contributed by atoms with E-state index in [1.807, 2.05) is 0 Å². The van der Waals surface area contributed by atoms with Gasteiger partial charge in [-0.1, -0.05) is 11.6 Å². The fourth-order valence-electron chi connectivity index (χ4n) is 2.06. The summed E-state index contributed by atoms with van der Waals surface area (Å²) in [6.45, 7) is 5.65. The van der Waals surface area contributed by atoms with Gasteiger partial charge in [0.15, 0.2) is 0 Å². The van der Waals surface area contributed by atoms with Crippen LogP contribution in [0.15, 0.2) is 23.8 Å². The molecule has 0 saturated heterocycles. The molecule has 0 amide bonds. The van der Waals surface area contributed by atoms with Crippen LogP contribution in [0.2, 0.25) is 0 Å². The highest BCUT2D eigenvalue weighted by molar-refractivity contribution is 5.89. The Hall–Kier alpha value is -1.84. The molecule has 1 aromatic heterocycles. The number of hydrogen-bond acceptors (Lipinski definition) is 3. The van der Waals surface area contributed by atoms with Gasteiger partial charge in [-0.3, -0.25) is 0 Å². The molecule has 1 aromatic rings. The number of aromatic nitrogens is 1. The van der Waals surface area contributed by atoms with Crippen molar-refractivity contribution >= 4 is 11.8 Å². The summed E-state index contributed by atoms with van der Waals surface area (Å²) in [4.78, 5) is 17.4. The monoisotopic (exact) mass is 232 g/mol. The summed E-state index contributed by atoms with van der Waals surface area (Å²) in [6.07, 6.45) is 3.25. The summed E-state index contributed by atoms with van der Waals surface area (Å²) < 4.78 is 0. The van der Waals surface area contributed by atoms with Crippen molar-refractivity contribution in [2.24, 2.45) is 0 Å². The molecule has 0 radical (unpaired) electrons. The quantitative estimate of drug-likeness (QED) is 0.794. The normalized spacial score (nSPS) is 15.6. The van der Waals surface area contributed by atoms with Gasteiger partial charge in [-0.05, 0) is 32.4 Å². The number of pyridine rings is 1. The Morgan fingerprint density at radius 2 is 2.18 bits per heavy atom. The number of nitrogens with zero attached hydrogens (tertiary/aromatic N) is 2. The van der Waals surface area contributed by atoms with Crippen LogP contribution in [-0.2, 0) is 0 Å². The standard InChI is InChI=1S/C13H16N2O2/c1-9-4-3-7-15(8-9)12-6-5-11(13(16)17)10(2)14-12/h4-6H,3,7-8H2,1-2H3,(H,16,17). The van der Waals surface area contributed by atoms with E-state index in [1.54, 1.807) is 19.1 Å². The summed E-state index contributed by atoms with van der Waals surface area (Å²) >= 11 is 0. The maximum Gasteiger partial charge on any atom is 0.337 e. The average Bonchev–Trinajstić information content (AvgIpc) is 2.28. The van der Waals surface area contributed by atoms with Crippen molar-refractivity contribution < 1.29 is 9.90 Å². The van der Waals surface area contributed by atoms with Crippen LogP contribution in [0, 0.1) is 6.92 Å². The third-order valence-electron chi connectivity index (χ3n) is 2.96. The van der Waals surface area contributed by atoms with E-state index in [0.29, 0.717) is 5.69 Å². The Kier molecular flexibility index (Phi) is 3.13. The van der Waals surface area contributed by atoms with Gasteiger partial charge in [0.2, 0.25) is 0 Å². The molecule has 1 aliphatic heterocycles. The molecule has 2 rings (SSSR count). The minimum atomic E-state index is -0.920. The molecular formula is C13H16N2O2. The van der Waals surface area contributed by atoms with Crippen molar-refractivity contribution in [1.82, 2.24) is 4.98 Å². The summed E-state index contributed by atoms with van der Waals surface area (Å²) in [5.74, 6) is -0.0591. The summed E-state index contributed by atoms with van der Waals surface area (Å²) in [5, 5.41) is 8.95. The Labute approximate surface area is 101 Å². The van der Waals surface area contributed by atoms with Gasteiger partial charge in [-0.25, -0.2) is 9.78 Å². The number of carbonyl (C=O) groups is 1. The molecule has 17 heavy (non-hydrogen) atoms. The van der Waals surface area contributed by atoms with Crippen molar-refractivity contribution in [3.05, 3.63) is 35.0 Å².